The number of ether oxygens (including phenoxy) is 1. The number of nitrogens with zero attached hydrogens (tertiary/aromatic N) is 2. The van der Waals surface area contributed by atoms with E-state index < -0.39 is 0 Å². The van der Waals surface area contributed by atoms with Gasteiger partial charge in [0.2, 0.25) is 5.95 Å². The van der Waals surface area contributed by atoms with Crippen LogP contribution in [-0.4, -0.2) is 29.3 Å². The van der Waals surface area contributed by atoms with Crippen LogP contribution in [0.25, 0.3) is 0 Å². The zero-order chi connectivity index (χ0) is 14.8. The number of methoxy groups -OCH3 is 1. The summed E-state index contributed by atoms with van der Waals surface area (Å²) in [7, 11) is 1.75. The Kier molecular flexibility index (Phi) is 4.74. The number of hydrogen-bond donors (Lipinski definition) is 1. The fourth-order valence-corrected chi connectivity index (χ4v) is 3.01. The second-order valence-corrected chi connectivity index (χ2v) is 7.00. The number of anilines is 1. The molecule has 1 aliphatic rings. The van der Waals surface area contributed by atoms with Crippen LogP contribution in [0.1, 0.15) is 58.2 Å². The van der Waals surface area contributed by atoms with Crippen LogP contribution in [0.4, 0.5) is 5.95 Å². The Labute approximate surface area is 122 Å². The summed E-state index contributed by atoms with van der Waals surface area (Å²) in [5.41, 5.74) is 1.57. The number of aromatic nitrogens is 2. The molecule has 0 aromatic carbocycles. The molecule has 1 aromatic heterocycles. The van der Waals surface area contributed by atoms with Gasteiger partial charge in [-0.1, -0.05) is 13.8 Å². The second kappa shape index (κ2) is 6.17. The van der Waals surface area contributed by atoms with Crippen molar-refractivity contribution in [3.8, 4) is 0 Å². The zero-order valence-corrected chi connectivity index (χ0v) is 13.6. The highest BCUT2D eigenvalue weighted by molar-refractivity contribution is 5.31. The van der Waals surface area contributed by atoms with Crippen molar-refractivity contribution in [2.24, 2.45) is 5.41 Å². The quantitative estimate of drug-likeness (QED) is 0.891. The highest BCUT2D eigenvalue weighted by atomic mass is 16.5. The maximum atomic E-state index is 5.26. The van der Waals surface area contributed by atoms with Crippen LogP contribution in [0.15, 0.2) is 6.20 Å². The molecule has 114 valence electrons. The molecule has 1 aromatic rings. The minimum atomic E-state index is 0.309. The van der Waals surface area contributed by atoms with Gasteiger partial charge in [0.05, 0.1) is 18.3 Å². The molecule has 0 bridgehead atoms. The standard InChI is InChI=1S/C16H29N3O/c1-12-10-19(13(2)11-20-5)15(17-12)18-14-6-8-16(3,4)9-7-14/h10,13-14H,6-9,11H2,1-5H3,(H,17,18). The van der Waals surface area contributed by atoms with E-state index in [4.69, 9.17) is 4.74 Å². The molecule has 1 saturated carbocycles. The Morgan fingerprint density at radius 1 is 1.45 bits per heavy atom. The predicted octanol–water partition coefficient (Wildman–Crippen LogP) is 3.78. The van der Waals surface area contributed by atoms with E-state index in [0.29, 0.717) is 24.1 Å². The highest BCUT2D eigenvalue weighted by Crippen LogP contribution is 2.36. The van der Waals surface area contributed by atoms with Crippen LogP contribution in [0, 0.1) is 12.3 Å². The molecule has 20 heavy (non-hydrogen) atoms. The molecule has 1 N–H and O–H groups in total. The van der Waals surface area contributed by atoms with Gasteiger partial charge in [0.1, 0.15) is 0 Å². The molecule has 1 atom stereocenters. The number of aryl methyl sites for hydroxylation is 1. The van der Waals surface area contributed by atoms with Gasteiger partial charge < -0.3 is 14.6 Å². The summed E-state index contributed by atoms with van der Waals surface area (Å²) in [5.74, 6) is 0.997. The molecule has 2 rings (SSSR count). The summed E-state index contributed by atoms with van der Waals surface area (Å²) >= 11 is 0. The van der Waals surface area contributed by atoms with Crippen molar-refractivity contribution in [3.63, 3.8) is 0 Å². The van der Waals surface area contributed by atoms with Crippen LogP contribution in [0.5, 0.6) is 0 Å². The van der Waals surface area contributed by atoms with E-state index in [1.807, 2.05) is 6.92 Å². The molecule has 1 fully saturated rings. The molecular weight excluding hydrogens is 250 g/mol. The van der Waals surface area contributed by atoms with E-state index in [2.05, 4.69) is 41.8 Å². The molecule has 4 heteroatoms. The van der Waals surface area contributed by atoms with Crippen molar-refractivity contribution < 1.29 is 4.74 Å². The number of nitrogens with one attached hydrogen (secondary N) is 1. The Bertz CT molecular complexity index is 429. The Balaban J connectivity index is 2.02. The normalized spacial score (nSPS) is 20.9. The lowest BCUT2D eigenvalue weighted by Gasteiger charge is -2.35. The molecule has 0 radical (unpaired) electrons. The maximum Gasteiger partial charge on any atom is 0.203 e. The predicted molar refractivity (Wildman–Crippen MR) is 83.2 cm³/mol. The van der Waals surface area contributed by atoms with Crippen molar-refractivity contribution in [1.29, 1.82) is 0 Å². The van der Waals surface area contributed by atoms with E-state index in [9.17, 15) is 0 Å². The van der Waals surface area contributed by atoms with Gasteiger partial charge in [0.15, 0.2) is 0 Å². The summed E-state index contributed by atoms with van der Waals surface area (Å²) in [6.07, 6.45) is 7.16. The highest BCUT2D eigenvalue weighted by Gasteiger charge is 2.27. The third-order valence-corrected chi connectivity index (χ3v) is 4.41. The van der Waals surface area contributed by atoms with Crippen molar-refractivity contribution >= 4 is 5.95 Å². The molecule has 4 nitrogen and oxygen atoms in total. The molecule has 1 heterocycles. The van der Waals surface area contributed by atoms with Crippen LogP contribution < -0.4 is 5.32 Å². The first-order valence-corrected chi connectivity index (χ1v) is 7.72. The lowest BCUT2D eigenvalue weighted by atomic mass is 9.76. The van der Waals surface area contributed by atoms with Crippen LogP contribution >= 0.6 is 0 Å². The van der Waals surface area contributed by atoms with Crippen LogP contribution in [0.2, 0.25) is 0 Å². The van der Waals surface area contributed by atoms with E-state index in [1.54, 1.807) is 7.11 Å². The maximum absolute atomic E-state index is 5.26. The summed E-state index contributed by atoms with van der Waals surface area (Å²) in [6, 6.07) is 0.863. The van der Waals surface area contributed by atoms with Crippen LogP contribution in [-0.2, 0) is 4.74 Å². The largest absolute Gasteiger partial charge is 0.383 e. The Hall–Kier alpha value is -1.03. The number of hydrogen-bond acceptors (Lipinski definition) is 3. The van der Waals surface area contributed by atoms with Gasteiger partial charge in [0, 0.05) is 19.3 Å². The second-order valence-electron chi connectivity index (χ2n) is 7.00. The number of rotatable bonds is 5. The smallest absolute Gasteiger partial charge is 0.203 e. The first-order valence-electron chi connectivity index (χ1n) is 7.72. The first-order chi connectivity index (χ1) is 9.41. The molecule has 0 aliphatic heterocycles. The molecular formula is C16H29N3O. The Morgan fingerprint density at radius 2 is 2.10 bits per heavy atom. The molecule has 0 spiro atoms. The fraction of sp³-hybridized carbons (Fsp3) is 0.812. The van der Waals surface area contributed by atoms with Gasteiger partial charge in [-0.2, -0.15) is 0 Å². The van der Waals surface area contributed by atoms with E-state index >= 15 is 0 Å². The lowest BCUT2D eigenvalue weighted by molar-refractivity contribution is 0.162. The minimum Gasteiger partial charge on any atom is -0.383 e. The summed E-state index contributed by atoms with van der Waals surface area (Å²) in [6.45, 7) is 9.66. The van der Waals surface area contributed by atoms with Gasteiger partial charge in [0.25, 0.3) is 0 Å². The Morgan fingerprint density at radius 3 is 2.70 bits per heavy atom. The minimum absolute atomic E-state index is 0.309. The molecule has 0 saturated heterocycles. The average Bonchev–Trinajstić information content (AvgIpc) is 2.73. The van der Waals surface area contributed by atoms with Gasteiger partial charge >= 0.3 is 0 Å². The topological polar surface area (TPSA) is 39.1 Å². The lowest BCUT2D eigenvalue weighted by Crippen LogP contribution is -2.31. The summed E-state index contributed by atoms with van der Waals surface area (Å²) in [4.78, 5) is 4.64. The van der Waals surface area contributed by atoms with E-state index in [0.717, 1.165) is 11.6 Å². The van der Waals surface area contributed by atoms with E-state index in [-0.39, 0.29) is 0 Å². The van der Waals surface area contributed by atoms with Crippen molar-refractivity contribution in [3.05, 3.63) is 11.9 Å². The molecule has 1 unspecified atom stereocenters. The van der Waals surface area contributed by atoms with Crippen molar-refractivity contribution in [2.45, 2.75) is 65.5 Å². The monoisotopic (exact) mass is 279 g/mol. The number of imidazole rings is 1. The fourth-order valence-electron chi connectivity index (χ4n) is 3.01. The third-order valence-electron chi connectivity index (χ3n) is 4.41. The van der Waals surface area contributed by atoms with E-state index in [1.165, 1.54) is 25.7 Å². The summed E-state index contributed by atoms with van der Waals surface area (Å²) < 4.78 is 7.47. The van der Waals surface area contributed by atoms with Gasteiger partial charge in [-0.25, -0.2) is 4.98 Å². The van der Waals surface area contributed by atoms with Gasteiger partial charge in [-0.15, -0.1) is 0 Å². The average molecular weight is 279 g/mol. The third kappa shape index (κ3) is 3.75. The molecule has 0 amide bonds. The van der Waals surface area contributed by atoms with Crippen LogP contribution in [0.3, 0.4) is 0 Å². The SMILES string of the molecule is COCC(C)n1cc(C)nc1NC1CCC(C)(C)CC1. The van der Waals surface area contributed by atoms with Gasteiger partial charge in [-0.3, -0.25) is 0 Å². The first kappa shape index (κ1) is 15.4. The molecule has 1 aliphatic carbocycles. The van der Waals surface area contributed by atoms with Crippen molar-refractivity contribution in [2.75, 3.05) is 19.0 Å². The summed E-state index contributed by atoms with van der Waals surface area (Å²) in [5, 5.41) is 3.64. The zero-order valence-electron chi connectivity index (χ0n) is 13.6. The van der Waals surface area contributed by atoms with Crippen molar-refractivity contribution in [1.82, 2.24) is 9.55 Å². The van der Waals surface area contributed by atoms with Gasteiger partial charge in [-0.05, 0) is 44.9 Å².